The summed E-state index contributed by atoms with van der Waals surface area (Å²) in [7, 11) is 0. The number of hydrogen-bond donors (Lipinski definition) is 1. The van der Waals surface area contributed by atoms with Gasteiger partial charge in [-0.15, -0.1) is 11.3 Å². The van der Waals surface area contributed by atoms with Gasteiger partial charge in [0.1, 0.15) is 28.5 Å². The molecule has 9 heteroatoms. The average molecular weight is 341 g/mol. The van der Waals surface area contributed by atoms with Crippen molar-refractivity contribution in [2.45, 2.75) is 0 Å². The van der Waals surface area contributed by atoms with Crippen LogP contribution in [0.4, 0.5) is 11.6 Å². The van der Waals surface area contributed by atoms with Crippen molar-refractivity contribution in [3.05, 3.63) is 35.9 Å². The van der Waals surface area contributed by atoms with Crippen molar-refractivity contribution in [1.82, 2.24) is 19.9 Å². The summed E-state index contributed by atoms with van der Waals surface area (Å²) < 4.78 is 0. The zero-order valence-corrected chi connectivity index (χ0v) is 13.6. The fraction of sp³-hybridized carbons (Fsp3) is 0.267. The number of carbonyl (C=O) groups excluding carboxylic acids is 1. The minimum Gasteiger partial charge on any atom is -0.364 e. The second kappa shape index (κ2) is 6.00. The number of primary amides is 1. The first-order valence-corrected chi connectivity index (χ1v) is 8.40. The number of anilines is 2. The molecule has 3 aromatic rings. The Labute approximate surface area is 142 Å². The van der Waals surface area contributed by atoms with Crippen LogP contribution in [0.3, 0.4) is 0 Å². The van der Waals surface area contributed by atoms with Gasteiger partial charge < -0.3 is 15.5 Å². The number of piperazine rings is 1. The third-order valence-electron chi connectivity index (χ3n) is 4.02. The van der Waals surface area contributed by atoms with Crippen LogP contribution < -0.4 is 15.5 Å². The minimum absolute atomic E-state index is 0.186. The Kier molecular flexibility index (Phi) is 3.69. The van der Waals surface area contributed by atoms with E-state index >= 15 is 0 Å². The molecule has 0 bridgehead atoms. The number of nitrogens with zero attached hydrogens (tertiary/aromatic N) is 6. The fourth-order valence-electron chi connectivity index (χ4n) is 2.80. The molecule has 4 heterocycles. The molecule has 0 aliphatic carbocycles. The summed E-state index contributed by atoms with van der Waals surface area (Å²) in [4.78, 5) is 33.7. The zero-order chi connectivity index (χ0) is 16.5. The average Bonchev–Trinajstić information content (AvgIpc) is 3.11. The van der Waals surface area contributed by atoms with Crippen molar-refractivity contribution in [3.63, 3.8) is 0 Å². The van der Waals surface area contributed by atoms with E-state index in [1.54, 1.807) is 23.9 Å². The minimum atomic E-state index is -0.566. The van der Waals surface area contributed by atoms with E-state index in [1.807, 2.05) is 5.38 Å². The van der Waals surface area contributed by atoms with Crippen LogP contribution in [-0.4, -0.2) is 52.0 Å². The molecule has 1 amide bonds. The SMILES string of the molecule is NC(=O)c1cncc(N2CCN(c3ncnc4sccc34)CC2)n1. The van der Waals surface area contributed by atoms with Gasteiger partial charge in [0.05, 0.1) is 17.8 Å². The molecule has 0 radical (unpaired) electrons. The lowest BCUT2D eigenvalue weighted by Gasteiger charge is -2.36. The third-order valence-corrected chi connectivity index (χ3v) is 4.84. The van der Waals surface area contributed by atoms with E-state index in [2.05, 4.69) is 35.8 Å². The molecular weight excluding hydrogens is 326 g/mol. The maximum absolute atomic E-state index is 11.3. The van der Waals surface area contributed by atoms with E-state index in [0.717, 1.165) is 42.2 Å². The lowest BCUT2D eigenvalue weighted by molar-refractivity contribution is 0.0995. The fourth-order valence-corrected chi connectivity index (χ4v) is 3.53. The predicted molar refractivity (Wildman–Crippen MR) is 92.4 cm³/mol. The second-order valence-corrected chi connectivity index (χ2v) is 6.33. The van der Waals surface area contributed by atoms with Crippen molar-refractivity contribution < 1.29 is 4.79 Å². The van der Waals surface area contributed by atoms with Crippen LogP contribution in [0.5, 0.6) is 0 Å². The van der Waals surface area contributed by atoms with Crippen LogP contribution >= 0.6 is 11.3 Å². The number of fused-ring (bicyclic) bond motifs is 1. The summed E-state index contributed by atoms with van der Waals surface area (Å²) in [6, 6.07) is 2.06. The second-order valence-electron chi connectivity index (χ2n) is 5.44. The molecular formula is C15H15N7OS. The monoisotopic (exact) mass is 341 g/mol. The molecule has 1 saturated heterocycles. The number of nitrogens with two attached hydrogens (primary N) is 1. The number of hydrogen-bond acceptors (Lipinski definition) is 8. The molecule has 1 aliphatic heterocycles. The Bertz CT molecular complexity index is 888. The van der Waals surface area contributed by atoms with Crippen LogP contribution in [0.15, 0.2) is 30.2 Å². The molecule has 4 rings (SSSR count). The molecule has 122 valence electrons. The van der Waals surface area contributed by atoms with E-state index in [1.165, 1.54) is 6.20 Å². The van der Waals surface area contributed by atoms with Crippen molar-refractivity contribution in [2.24, 2.45) is 5.73 Å². The summed E-state index contributed by atoms with van der Waals surface area (Å²) in [5, 5.41) is 3.12. The highest BCUT2D eigenvalue weighted by Crippen LogP contribution is 2.27. The summed E-state index contributed by atoms with van der Waals surface area (Å²) >= 11 is 1.62. The third kappa shape index (κ3) is 2.62. The van der Waals surface area contributed by atoms with E-state index in [9.17, 15) is 4.79 Å². The number of amides is 1. The van der Waals surface area contributed by atoms with Crippen molar-refractivity contribution in [1.29, 1.82) is 0 Å². The van der Waals surface area contributed by atoms with Crippen LogP contribution in [-0.2, 0) is 0 Å². The molecule has 8 nitrogen and oxygen atoms in total. The maximum atomic E-state index is 11.3. The summed E-state index contributed by atoms with van der Waals surface area (Å²) in [5.41, 5.74) is 5.46. The zero-order valence-electron chi connectivity index (χ0n) is 12.8. The first kappa shape index (κ1) is 14.8. The van der Waals surface area contributed by atoms with Gasteiger partial charge in [-0.25, -0.2) is 15.0 Å². The van der Waals surface area contributed by atoms with Crippen LogP contribution in [0.2, 0.25) is 0 Å². The van der Waals surface area contributed by atoms with Crippen LogP contribution in [0.25, 0.3) is 10.2 Å². The predicted octanol–water partition coefficient (Wildman–Crippen LogP) is 0.907. The topological polar surface area (TPSA) is 101 Å². The highest BCUT2D eigenvalue weighted by molar-refractivity contribution is 7.16. The van der Waals surface area contributed by atoms with E-state index < -0.39 is 5.91 Å². The van der Waals surface area contributed by atoms with Gasteiger partial charge in [-0.1, -0.05) is 0 Å². The van der Waals surface area contributed by atoms with Gasteiger partial charge in [0.15, 0.2) is 0 Å². The molecule has 0 aromatic carbocycles. The Balaban J connectivity index is 1.52. The molecule has 1 fully saturated rings. The van der Waals surface area contributed by atoms with Crippen molar-refractivity contribution in [2.75, 3.05) is 36.0 Å². The normalized spacial score (nSPS) is 15.0. The largest absolute Gasteiger partial charge is 0.364 e. The molecule has 2 N–H and O–H groups in total. The van der Waals surface area contributed by atoms with Gasteiger partial charge in [-0.2, -0.15) is 0 Å². The lowest BCUT2D eigenvalue weighted by Crippen LogP contribution is -2.47. The smallest absolute Gasteiger partial charge is 0.268 e. The van der Waals surface area contributed by atoms with Crippen LogP contribution in [0.1, 0.15) is 10.5 Å². The Morgan fingerprint density at radius 2 is 1.92 bits per heavy atom. The van der Waals surface area contributed by atoms with Crippen molar-refractivity contribution in [3.8, 4) is 0 Å². The number of rotatable bonds is 3. The lowest BCUT2D eigenvalue weighted by atomic mass is 10.2. The number of thiophene rings is 1. The van der Waals surface area contributed by atoms with Gasteiger partial charge in [-0.05, 0) is 11.4 Å². The van der Waals surface area contributed by atoms with Crippen molar-refractivity contribution >= 4 is 39.1 Å². The standard InChI is InChI=1S/C15H15N7OS/c16-13(23)11-7-17-8-12(20-11)21-2-4-22(5-3-21)14-10-1-6-24-15(10)19-9-18-14/h1,6-9H,2-5H2,(H2,16,23). The Morgan fingerprint density at radius 1 is 1.12 bits per heavy atom. The highest BCUT2D eigenvalue weighted by atomic mass is 32.1. The molecule has 1 aliphatic rings. The first-order valence-electron chi connectivity index (χ1n) is 7.52. The maximum Gasteiger partial charge on any atom is 0.268 e. The molecule has 3 aromatic heterocycles. The summed E-state index contributed by atoms with van der Waals surface area (Å²) in [6.45, 7) is 3.16. The first-order chi connectivity index (χ1) is 11.7. The Morgan fingerprint density at radius 3 is 2.71 bits per heavy atom. The van der Waals surface area contributed by atoms with Gasteiger partial charge in [0.2, 0.25) is 0 Å². The summed E-state index contributed by atoms with van der Waals surface area (Å²) in [5.74, 6) is 1.08. The number of carbonyl (C=O) groups is 1. The molecule has 0 saturated carbocycles. The Hall–Kier alpha value is -2.81. The molecule has 0 unspecified atom stereocenters. The summed E-state index contributed by atoms with van der Waals surface area (Å²) in [6.07, 6.45) is 4.66. The van der Waals surface area contributed by atoms with E-state index in [0.29, 0.717) is 5.82 Å². The molecule has 0 spiro atoms. The molecule has 24 heavy (non-hydrogen) atoms. The number of aromatic nitrogens is 4. The van der Waals surface area contributed by atoms with Gasteiger partial charge in [-0.3, -0.25) is 9.78 Å². The highest BCUT2D eigenvalue weighted by Gasteiger charge is 2.21. The van der Waals surface area contributed by atoms with Gasteiger partial charge in [0, 0.05) is 26.2 Å². The van der Waals surface area contributed by atoms with E-state index in [4.69, 9.17) is 5.73 Å². The van der Waals surface area contributed by atoms with E-state index in [-0.39, 0.29) is 5.69 Å². The molecule has 0 atom stereocenters. The van der Waals surface area contributed by atoms with Crippen LogP contribution in [0, 0.1) is 0 Å². The quantitative estimate of drug-likeness (QED) is 0.755. The van der Waals surface area contributed by atoms with Gasteiger partial charge >= 0.3 is 0 Å². The van der Waals surface area contributed by atoms with Gasteiger partial charge in [0.25, 0.3) is 5.91 Å².